The normalized spacial score (nSPS) is 11.6. The summed E-state index contributed by atoms with van der Waals surface area (Å²) in [6.07, 6.45) is 2.98. The highest BCUT2D eigenvalue weighted by Gasteiger charge is 2.12. The van der Waals surface area contributed by atoms with E-state index in [0.29, 0.717) is 0 Å². The van der Waals surface area contributed by atoms with Crippen molar-refractivity contribution in [2.45, 2.75) is 40.0 Å². The first-order chi connectivity index (χ1) is 12.7. The lowest BCUT2D eigenvalue weighted by Gasteiger charge is -2.13. The van der Waals surface area contributed by atoms with Gasteiger partial charge in [0.25, 0.3) is 0 Å². The summed E-state index contributed by atoms with van der Waals surface area (Å²) in [7, 11) is 0. The molecule has 0 amide bonds. The molecule has 1 heterocycles. The molecule has 3 rings (SSSR count). The van der Waals surface area contributed by atoms with Crippen molar-refractivity contribution in [1.29, 1.82) is 0 Å². The Morgan fingerprint density at radius 3 is 2.35 bits per heavy atom. The van der Waals surface area contributed by atoms with E-state index in [-0.39, 0.29) is 0 Å². The maximum absolute atomic E-state index is 5.14. The molecule has 26 heavy (non-hydrogen) atoms. The molecule has 2 nitrogen and oxygen atoms in total. The molecule has 132 valence electrons. The van der Waals surface area contributed by atoms with E-state index >= 15 is 0 Å². The van der Waals surface area contributed by atoms with Crippen molar-refractivity contribution in [3.63, 3.8) is 0 Å². The molecule has 2 heteroatoms. The molecule has 0 saturated carbocycles. The maximum Gasteiger partial charge on any atom is 0.0847 e. The van der Waals surface area contributed by atoms with E-state index in [2.05, 4.69) is 79.5 Å². The number of hydrogen-bond acceptors (Lipinski definition) is 2. The van der Waals surface area contributed by atoms with Crippen molar-refractivity contribution in [3.8, 4) is 11.1 Å². The van der Waals surface area contributed by atoms with Crippen molar-refractivity contribution in [1.82, 2.24) is 4.98 Å². The van der Waals surface area contributed by atoms with Crippen molar-refractivity contribution in [2.75, 3.05) is 0 Å². The van der Waals surface area contributed by atoms with Gasteiger partial charge >= 0.3 is 0 Å². The highest BCUT2D eigenvalue weighted by Crippen LogP contribution is 2.35. The van der Waals surface area contributed by atoms with Crippen LogP contribution in [-0.2, 0) is 6.42 Å². The van der Waals surface area contributed by atoms with Crippen LogP contribution in [-0.4, -0.2) is 10.7 Å². The summed E-state index contributed by atoms with van der Waals surface area (Å²) in [6.45, 7) is 6.39. The fourth-order valence-electron chi connectivity index (χ4n) is 3.20. The van der Waals surface area contributed by atoms with Crippen LogP contribution in [0.4, 0.5) is 5.69 Å². The molecule has 0 N–H and O–H groups in total. The monoisotopic (exact) mass is 342 g/mol. The lowest BCUT2D eigenvalue weighted by molar-refractivity contribution is 0.921. The van der Waals surface area contributed by atoms with Crippen molar-refractivity contribution in [3.05, 3.63) is 83.7 Å². The first kappa shape index (κ1) is 18.1. The average Bonchev–Trinajstić information content (AvgIpc) is 2.67. The third-order valence-electron chi connectivity index (χ3n) is 4.49. The minimum atomic E-state index is 0.852. The highest BCUT2D eigenvalue weighted by atomic mass is 14.8. The van der Waals surface area contributed by atoms with E-state index in [0.717, 1.165) is 42.0 Å². The Balaban J connectivity index is 2.18. The molecule has 0 unspecified atom stereocenters. The maximum atomic E-state index is 5.14. The minimum Gasteiger partial charge on any atom is -0.252 e. The summed E-state index contributed by atoms with van der Waals surface area (Å²) >= 11 is 0. The molecule has 0 spiro atoms. The SMILES string of the molecule is CCCc1cccc(-c2ccccc2)c1N=C(CC)c1cccc(C)n1. The third kappa shape index (κ3) is 4.08. The standard InChI is InChI=1S/C24H26N2/c1-4-11-20-15-10-16-21(19-13-7-6-8-14-19)24(20)26-22(5-2)23-17-9-12-18(3)25-23/h6-10,12-17H,4-5,11H2,1-3H3. The number of pyridine rings is 1. The van der Waals surface area contributed by atoms with Gasteiger partial charge in [-0.05, 0) is 43.0 Å². The molecule has 2 aromatic carbocycles. The third-order valence-corrected chi connectivity index (χ3v) is 4.49. The Morgan fingerprint density at radius 1 is 0.885 bits per heavy atom. The molecule has 0 atom stereocenters. The van der Waals surface area contributed by atoms with Crippen LogP contribution in [0.3, 0.4) is 0 Å². The number of aryl methyl sites for hydroxylation is 2. The zero-order valence-electron chi connectivity index (χ0n) is 15.9. The predicted molar refractivity (Wildman–Crippen MR) is 111 cm³/mol. The van der Waals surface area contributed by atoms with Crippen molar-refractivity contribution >= 4 is 11.4 Å². The van der Waals surface area contributed by atoms with Gasteiger partial charge < -0.3 is 0 Å². The number of nitrogens with zero attached hydrogens (tertiary/aromatic N) is 2. The van der Waals surface area contributed by atoms with Gasteiger partial charge in [0.2, 0.25) is 0 Å². The summed E-state index contributed by atoms with van der Waals surface area (Å²) in [6, 6.07) is 23.2. The zero-order valence-corrected chi connectivity index (χ0v) is 15.9. The van der Waals surface area contributed by atoms with Gasteiger partial charge in [-0.25, -0.2) is 0 Å². The molecule has 1 aromatic heterocycles. The van der Waals surface area contributed by atoms with Crippen molar-refractivity contribution < 1.29 is 0 Å². The molecular weight excluding hydrogens is 316 g/mol. The van der Waals surface area contributed by atoms with Crippen LogP contribution in [0.15, 0.2) is 71.7 Å². The van der Waals surface area contributed by atoms with E-state index in [4.69, 9.17) is 4.99 Å². The van der Waals surface area contributed by atoms with Gasteiger partial charge in [-0.2, -0.15) is 0 Å². The van der Waals surface area contributed by atoms with Crippen LogP contribution in [0.1, 0.15) is 43.6 Å². The Bertz CT molecular complexity index is 895. The van der Waals surface area contributed by atoms with Crippen LogP contribution in [0.5, 0.6) is 0 Å². The van der Waals surface area contributed by atoms with Crippen molar-refractivity contribution in [2.24, 2.45) is 4.99 Å². The van der Waals surface area contributed by atoms with Gasteiger partial charge in [-0.3, -0.25) is 9.98 Å². The number of hydrogen-bond donors (Lipinski definition) is 0. The van der Waals surface area contributed by atoms with Crippen LogP contribution in [0, 0.1) is 6.92 Å². The van der Waals surface area contributed by atoms with E-state index in [1.807, 2.05) is 13.0 Å². The number of para-hydroxylation sites is 1. The fourth-order valence-corrected chi connectivity index (χ4v) is 3.20. The van der Waals surface area contributed by atoms with Crippen LogP contribution in [0.25, 0.3) is 11.1 Å². The lowest BCUT2D eigenvalue weighted by Crippen LogP contribution is -2.03. The summed E-state index contributed by atoms with van der Waals surface area (Å²) in [5.41, 5.74) is 7.81. The number of rotatable bonds is 6. The van der Waals surface area contributed by atoms with E-state index in [1.54, 1.807) is 0 Å². The molecule has 3 aromatic rings. The second-order valence-electron chi connectivity index (χ2n) is 6.51. The van der Waals surface area contributed by atoms with E-state index in [1.165, 1.54) is 16.7 Å². The number of aliphatic imine (C=N–C) groups is 1. The highest BCUT2D eigenvalue weighted by molar-refractivity contribution is 6.01. The Morgan fingerprint density at radius 2 is 1.65 bits per heavy atom. The molecule has 0 aliphatic heterocycles. The fraction of sp³-hybridized carbons (Fsp3) is 0.250. The topological polar surface area (TPSA) is 25.2 Å². The van der Waals surface area contributed by atoms with Gasteiger partial charge in [0.1, 0.15) is 0 Å². The summed E-state index contributed by atoms with van der Waals surface area (Å²) in [5, 5.41) is 0. The van der Waals surface area contributed by atoms with Gasteiger partial charge in [0.15, 0.2) is 0 Å². The van der Waals surface area contributed by atoms with Gasteiger partial charge in [-0.1, -0.05) is 74.9 Å². The molecule has 0 bridgehead atoms. The molecule has 0 aliphatic carbocycles. The smallest absolute Gasteiger partial charge is 0.0847 e. The Kier molecular flexibility index (Phi) is 5.96. The van der Waals surface area contributed by atoms with Gasteiger partial charge in [0, 0.05) is 11.3 Å². The second-order valence-corrected chi connectivity index (χ2v) is 6.51. The largest absolute Gasteiger partial charge is 0.252 e. The quantitative estimate of drug-likeness (QED) is 0.467. The lowest BCUT2D eigenvalue weighted by atomic mass is 9.97. The summed E-state index contributed by atoms with van der Waals surface area (Å²) in [5.74, 6) is 0. The predicted octanol–water partition coefficient (Wildman–Crippen LogP) is 6.54. The van der Waals surface area contributed by atoms with Crippen LogP contribution in [0.2, 0.25) is 0 Å². The first-order valence-electron chi connectivity index (χ1n) is 9.41. The molecule has 0 fully saturated rings. The second kappa shape index (κ2) is 8.57. The number of aromatic nitrogens is 1. The summed E-state index contributed by atoms with van der Waals surface area (Å²) < 4.78 is 0. The zero-order chi connectivity index (χ0) is 18.4. The van der Waals surface area contributed by atoms with E-state index < -0.39 is 0 Å². The Hall–Kier alpha value is -2.74. The number of benzene rings is 2. The van der Waals surface area contributed by atoms with Gasteiger partial charge in [-0.15, -0.1) is 0 Å². The minimum absolute atomic E-state index is 0.852. The average molecular weight is 342 g/mol. The molecular formula is C24H26N2. The first-order valence-corrected chi connectivity index (χ1v) is 9.41. The molecule has 0 aliphatic rings. The molecule has 0 saturated heterocycles. The molecule has 0 radical (unpaired) electrons. The van der Waals surface area contributed by atoms with Crippen LogP contribution < -0.4 is 0 Å². The van der Waals surface area contributed by atoms with Crippen LogP contribution >= 0.6 is 0 Å². The Labute approximate surface area is 156 Å². The van der Waals surface area contributed by atoms with E-state index in [9.17, 15) is 0 Å². The van der Waals surface area contributed by atoms with Gasteiger partial charge in [0.05, 0.1) is 17.1 Å². The summed E-state index contributed by atoms with van der Waals surface area (Å²) in [4.78, 5) is 9.83.